The lowest BCUT2D eigenvalue weighted by Crippen LogP contribution is -2.72. The number of nitrogens with zero attached hydrogens (tertiary/aromatic N) is 1. The van der Waals surface area contributed by atoms with Crippen molar-refractivity contribution in [3.8, 4) is 5.75 Å². The Morgan fingerprint density at radius 1 is 1.31 bits per heavy atom. The molecule has 5 atom stereocenters. The molecule has 0 aromatic heterocycles. The topological polar surface area (TPSA) is 150 Å². The Balaban J connectivity index is 1.77. The highest BCUT2D eigenvalue weighted by atomic mass is 32.2. The minimum Gasteiger partial charge on any atom is -0.508 e. The number of phenolic OH excluding ortho intramolecular Hbond substituents is 1. The maximum atomic E-state index is 12.7. The van der Waals surface area contributed by atoms with Crippen LogP contribution in [0.1, 0.15) is 25.5 Å². The lowest BCUT2D eigenvalue weighted by atomic mass is 9.95. The van der Waals surface area contributed by atoms with Crippen LogP contribution in [-0.2, 0) is 25.2 Å². The van der Waals surface area contributed by atoms with Crippen LogP contribution in [0.2, 0.25) is 0 Å². The lowest BCUT2D eigenvalue weighted by molar-refractivity contribution is -0.161. The Bertz CT molecular complexity index is 809. The van der Waals surface area contributed by atoms with Crippen LogP contribution >= 0.6 is 0 Å². The second-order valence-electron chi connectivity index (χ2n) is 6.83. The van der Waals surface area contributed by atoms with Gasteiger partial charge >= 0.3 is 5.97 Å². The summed E-state index contributed by atoms with van der Waals surface area (Å²) >= 11 is 0. The van der Waals surface area contributed by atoms with E-state index in [0.717, 1.165) is 4.90 Å². The molecule has 2 amide bonds. The van der Waals surface area contributed by atoms with E-state index in [4.69, 9.17) is 5.73 Å². The molecule has 0 aliphatic carbocycles. The number of benzene rings is 1. The van der Waals surface area contributed by atoms with Gasteiger partial charge in [-0.25, -0.2) is 4.79 Å². The van der Waals surface area contributed by atoms with Crippen molar-refractivity contribution in [2.45, 2.75) is 42.1 Å². The number of rotatable bonds is 4. The summed E-state index contributed by atoms with van der Waals surface area (Å²) in [5, 5.41) is 20.2. The average Bonchev–Trinajstić information content (AvgIpc) is 2.77. The zero-order chi connectivity index (χ0) is 19.4. The third-order valence-corrected chi connectivity index (χ3v) is 7.02. The molecular weight excluding hydrogens is 362 g/mol. The van der Waals surface area contributed by atoms with E-state index in [-0.39, 0.29) is 5.75 Å². The van der Waals surface area contributed by atoms with E-state index in [1.165, 1.54) is 38.1 Å². The van der Waals surface area contributed by atoms with Crippen molar-refractivity contribution in [2.75, 3.05) is 0 Å². The SMILES string of the molecule is CC1(C)[C@H](C(=O)O)N2C(=O)[C@@H](NC(=O)[C@H](N)c3ccc(O)cc3)C2S1=O. The Kier molecular flexibility index (Phi) is 4.27. The third-order valence-electron chi connectivity index (χ3n) is 4.82. The molecule has 1 aromatic rings. The first-order valence-electron chi connectivity index (χ1n) is 7.88. The van der Waals surface area contributed by atoms with E-state index in [1.54, 1.807) is 0 Å². The molecule has 2 saturated heterocycles. The zero-order valence-electron chi connectivity index (χ0n) is 14.1. The fourth-order valence-corrected chi connectivity index (χ4v) is 5.29. The van der Waals surface area contributed by atoms with Crippen molar-refractivity contribution in [3.05, 3.63) is 29.8 Å². The van der Waals surface area contributed by atoms with Gasteiger partial charge in [0.25, 0.3) is 0 Å². The van der Waals surface area contributed by atoms with Crippen LogP contribution in [-0.4, -0.2) is 59.3 Å². The molecule has 10 heteroatoms. The average molecular weight is 381 g/mol. The van der Waals surface area contributed by atoms with Crippen molar-refractivity contribution in [3.63, 3.8) is 0 Å². The van der Waals surface area contributed by atoms with Crippen molar-refractivity contribution in [1.29, 1.82) is 0 Å². The minimum atomic E-state index is -1.66. The number of amides is 2. The molecule has 0 bridgehead atoms. The molecule has 2 aliphatic heterocycles. The number of carboxylic acids is 1. The van der Waals surface area contributed by atoms with Crippen LogP contribution in [0.25, 0.3) is 0 Å². The van der Waals surface area contributed by atoms with Crippen LogP contribution in [0.15, 0.2) is 24.3 Å². The van der Waals surface area contributed by atoms with Crippen molar-refractivity contribution >= 4 is 28.6 Å². The number of carboxylic acid groups (broad SMARTS) is 1. The number of phenols is 1. The summed E-state index contributed by atoms with van der Waals surface area (Å²) in [4.78, 5) is 37.3. The Morgan fingerprint density at radius 2 is 1.88 bits per heavy atom. The molecule has 0 radical (unpaired) electrons. The Hall–Kier alpha value is -2.46. The molecule has 2 unspecified atom stereocenters. The fraction of sp³-hybridized carbons (Fsp3) is 0.438. The first-order valence-corrected chi connectivity index (χ1v) is 9.09. The molecule has 140 valence electrons. The van der Waals surface area contributed by atoms with Crippen molar-refractivity contribution in [1.82, 2.24) is 10.2 Å². The van der Waals surface area contributed by atoms with Crippen molar-refractivity contribution in [2.24, 2.45) is 5.73 Å². The van der Waals surface area contributed by atoms with Crippen LogP contribution in [0, 0.1) is 0 Å². The van der Waals surface area contributed by atoms with E-state index in [9.17, 15) is 28.8 Å². The van der Waals surface area contributed by atoms with E-state index < -0.39 is 56.8 Å². The normalized spacial score (nSPS) is 30.3. The maximum Gasteiger partial charge on any atom is 0.328 e. The molecule has 2 aliphatic rings. The molecule has 9 nitrogen and oxygen atoms in total. The van der Waals surface area contributed by atoms with Gasteiger partial charge in [-0.05, 0) is 31.5 Å². The van der Waals surface area contributed by atoms with E-state index >= 15 is 0 Å². The van der Waals surface area contributed by atoms with E-state index in [0.29, 0.717) is 5.56 Å². The van der Waals surface area contributed by atoms with Gasteiger partial charge in [0.1, 0.15) is 29.2 Å². The van der Waals surface area contributed by atoms with Gasteiger partial charge in [0, 0.05) is 0 Å². The second kappa shape index (κ2) is 6.06. The highest BCUT2D eigenvalue weighted by Gasteiger charge is 2.68. The summed E-state index contributed by atoms with van der Waals surface area (Å²) in [6.07, 6.45) is 0. The molecule has 2 fully saturated rings. The molecule has 0 saturated carbocycles. The largest absolute Gasteiger partial charge is 0.508 e. The predicted molar refractivity (Wildman–Crippen MR) is 91.2 cm³/mol. The van der Waals surface area contributed by atoms with Gasteiger partial charge in [-0.15, -0.1) is 0 Å². The summed E-state index contributed by atoms with van der Waals surface area (Å²) in [5.41, 5.74) is 6.30. The van der Waals surface area contributed by atoms with Gasteiger partial charge < -0.3 is 26.2 Å². The van der Waals surface area contributed by atoms with Gasteiger partial charge in [0.15, 0.2) is 0 Å². The highest BCUT2D eigenvalue weighted by Crippen LogP contribution is 2.43. The van der Waals surface area contributed by atoms with Gasteiger partial charge in [-0.1, -0.05) is 12.1 Å². The number of carbonyl (C=O) groups excluding carboxylic acids is 2. The van der Waals surface area contributed by atoms with E-state index in [1.807, 2.05) is 0 Å². The quantitative estimate of drug-likeness (QED) is 0.491. The van der Waals surface area contributed by atoms with Crippen molar-refractivity contribution < 1.29 is 28.8 Å². The number of aliphatic carboxylic acids is 1. The van der Waals surface area contributed by atoms with Crippen LogP contribution in [0.5, 0.6) is 5.75 Å². The smallest absolute Gasteiger partial charge is 0.328 e. The van der Waals surface area contributed by atoms with E-state index in [2.05, 4.69) is 5.32 Å². The highest BCUT2D eigenvalue weighted by molar-refractivity contribution is 7.87. The number of nitrogens with two attached hydrogens (primary N) is 1. The number of nitrogens with one attached hydrogen (secondary N) is 1. The monoisotopic (exact) mass is 381 g/mol. The Morgan fingerprint density at radius 3 is 2.42 bits per heavy atom. The van der Waals surface area contributed by atoms with Crippen LogP contribution in [0.3, 0.4) is 0 Å². The fourth-order valence-electron chi connectivity index (χ4n) is 3.37. The molecule has 3 rings (SSSR count). The van der Waals surface area contributed by atoms with Gasteiger partial charge in [-0.3, -0.25) is 13.8 Å². The lowest BCUT2D eigenvalue weighted by Gasteiger charge is -2.43. The number of hydrogen-bond acceptors (Lipinski definition) is 6. The first-order chi connectivity index (χ1) is 12.1. The Labute approximate surface area is 151 Å². The molecule has 5 N–H and O–H groups in total. The van der Waals surface area contributed by atoms with Gasteiger partial charge in [-0.2, -0.15) is 0 Å². The molecule has 2 heterocycles. The summed E-state index contributed by atoms with van der Waals surface area (Å²) in [7, 11) is -1.66. The van der Waals surface area contributed by atoms with Crippen LogP contribution < -0.4 is 11.1 Å². The maximum absolute atomic E-state index is 12.7. The number of carbonyl (C=O) groups is 3. The summed E-state index contributed by atoms with van der Waals surface area (Å²) in [6.45, 7) is 3.04. The number of fused-ring (bicyclic) bond motifs is 1. The van der Waals surface area contributed by atoms with Gasteiger partial charge in [0.2, 0.25) is 11.8 Å². The second-order valence-corrected chi connectivity index (χ2v) is 8.96. The predicted octanol–water partition coefficient (Wildman–Crippen LogP) is -0.961. The number of hydrogen-bond donors (Lipinski definition) is 4. The summed E-state index contributed by atoms with van der Waals surface area (Å²) in [5.74, 6) is -2.45. The number of aromatic hydroxyl groups is 1. The summed E-state index contributed by atoms with van der Waals surface area (Å²) in [6, 6.07) is 2.35. The molecule has 1 aromatic carbocycles. The first kappa shape index (κ1) is 18.3. The van der Waals surface area contributed by atoms with Gasteiger partial charge in [0.05, 0.1) is 15.5 Å². The number of β-lactam (4-membered cyclic amide) rings is 1. The third kappa shape index (κ3) is 2.56. The zero-order valence-corrected chi connectivity index (χ0v) is 14.9. The standard InChI is InChI=1S/C16H19N3O6S/c1-16(2)11(15(23)24)19-13(22)10(14(19)26(16)25)18-12(21)9(17)7-3-5-8(20)6-4-7/h3-6,9-11,14,20H,17H2,1-2H3,(H,18,21)(H,23,24)/t9-,10-,11+,14?,26?/m1/s1. The minimum absolute atomic E-state index is 0.0227. The van der Waals surface area contributed by atoms with Crippen LogP contribution in [0.4, 0.5) is 0 Å². The molecular formula is C16H19N3O6S. The summed E-state index contributed by atoms with van der Waals surface area (Å²) < 4.78 is 11.5. The molecule has 0 spiro atoms. The molecule has 26 heavy (non-hydrogen) atoms.